The van der Waals surface area contributed by atoms with Crippen molar-refractivity contribution in [2.24, 2.45) is 5.84 Å². The first-order valence-corrected chi connectivity index (χ1v) is 4.50. The number of nitrogens with two attached hydrogens (primary N) is 1. The normalized spacial score (nSPS) is 9.86. The van der Waals surface area contributed by atoms with E-state index in [9.17, 15) is 0 Å². The Morgan fingerprint density at radius 3 is 2.57 bits per heavy atom. The molecule has 0 spiro atoms. The van der Waals surface area contributed by atoms with E-state index in [1.54, 1.807) is 0 Å². The van der Waals surface area contributed by atoms with Gasteiger partial charge in [0.1, 0.15) is 0 Å². The molecule has 0 aliphatic rings. The number of ether oxygens (including phenoxy) is 1. The fourth-order valence-electron chi connectivity index (χ4n) is 1.04. The van der Waals surface area contributed by atoms with E-state index in [2.05, 4.69) is 12.0 Å². The van der Waals surface area contributed by atoms with Crippen LogP contribution in [0.2, 0.25) is 0 Å². The molecule has 0 heterocycles. The maximum absolute atomic E-state index is 5.40. The number of rotatable bonds is 5. The molecule has 14 heavy (non-hydrogen) atoms. The van der Waals surface area contributed by atoms with Crippen LogP contribution in [0, 0.1) is 0 Å². The van der Waals surface area contributed by atoms with E-state index in [1.165, 1.54) is 0 Å². The van der Waals surface area contributed by atoms with Crippen LogP contribution in [0.15, 0.2) is 36.4 Å². The van der Waals surface area contributed by atoms with Crippen molar-refractivity contribution < 1.29 is 4.74 Å². The third-order valence-electron chi connectivity index (χ3n) is 1.74. The Balaban J connectivity index is 2.40. The molecule has 0 radical (unpaired) electrons. The molecule has 1 aromatic rings. The minimum Gasteiger partial charge on any atom is -0.372 e. The fourth-order valence-corrected chi connectivity index (χ4v) is 1.04. The van der Waals surface area contributed by atoms with Gasteiger partial charge in [-0.1, -0.05) is 24.3 Å². The number of anilines is 1. The summed E-state index contributed by atoms with van der Waals surface area (Å²) >= 11 is 0. The van der Waals surface area contributed by atoms with Crippen LogP contribution in [-0.4, -0.2) is 6.61 Å². The smallest absolute Gasteiger partial charge is 0.0721 e. The summed E-state index contributed by atoms with van der Waals surface area (Å²) < 4.78 is 5.40. The average molecular weight is 192 g/mol. The highest BCUT2D eigenvalue weighted by Gasteiger charge is 1.93. The lowest BCUT2D eigenvalue weighted by atomic mass is 10.2. The van der Waals surface area contributed by atoms with Gasteiger partial charge in [0.2, 0.25) is 0 Å². The summed E-state index contributed by atoms with van der Waals surface area (Å²) in [6.07, 6.45) is 0. The number of hydrazine groups is 1. The highest BCUT2D eigenvalue weighted by molar-refractivity contribution is 5.43. The van der Waals surface area contributed by atoms with Gasteiger partial charge in [-0.25, -0.2) is 0 Å². The Morgan fingerprint density at radius 1 is 1.43 bits per heavy atom. The Labute approximate surface area is 84.5 Å². The van der Waals surface area contributed by atoms with Gasteiger partial charge in [-0.05, 0) is 24.6 Å². The number of benzene rings is 1. The second kappa shape index (κ2) is 5.42. The Bertz CT molecular complexity index is 293. The number of nitrogen functional groups attached to an aromatic ring is 1. The molecule has 0 atom stereocenters. The number of hydrogen-bond acceptors (Lipinski definition) is 3. The van der Waals surface area contributed by atoms with Crippen LogP contribution >= 0.6 is 0 Å². The van der Waals surface area contributed by atoms with Crippen molar-refractivity contribution in [2.75, 3.05) is 12.0 Å². The van der Waals surface area contributed by atoms with Gasteiger partial charge < -0.3 is 10.2 Å². The van der Waals surface area contributed by atoms with Gasteiger partial charge in [0.25, 0.3) is 0 Å². The molecule has 76 valence electrons. The topological polar surface area (TPSA) is 47.3 Å². The van der Waals surface area contributed by atoms with E-state index in [0.29, 0.717) is 13.2 Å². The van der Waals surface area contributed by atoms with Crippen molar-refractivity contribution in [2.45, 2.75) is 13.5 Å². The second-order valence-electron chi connectivity index (χ2n) is 3.29. The lowest BCUT2D eigenvalue weighted by molar-refractivity contribution is 0.143. The maximum atomic E-state index is 5.40. The Hall–Kier alpha value is -1.32. The lowest BCUT2D eigenvalue weighted by Crippen LogP contribution is -2.06. The lowest BCUT2D eigenvalue weighted by Gasteiger charge is -2.05. The summed E-state index contributed by atoms with van der Waals surface area (Å²) in [5.41, 5.74) is 5.63. The minimum absolute atomic E-state index is 0.608. The zero-order chi connectivity index (χ0) is 10.4. The van der Waals surface area contributed by atoms with Crippen molar-refractivity contribution >= 4 is 5.69 Å². The average Bonchev–Trinajstić information content (AvgIpc) is 2.18. The fraction of sp³-hybridized carbons (Fsp3) is 0.273. The highest BCUT2D eigenvalue weighted by Crippen LogP contribution is 2.09. The van der Waals surface area contributed by atoms with Crippen molar-refractivity contribution in [3.05, 3.63) is 42.0 Å². The number of hydrogen-bond donors (Lipinski definition) is 2. The molecule has 0 aliphatic carbocycles. The van der Waals surface area contributed by atoms with Crippen LogP contribution in [0.25, 0.3) is 0 Å². The van der Waals surface area contributed by atoms with Crippen LogP contribution in [0.1, 0.15) is 12.5 Å². The molecule has 0 bridgehead atoms. The molecule has 0 aromatic heterocycles. The molecule has 0 aliphatic heterocycles. The first-order valence-electron chi connectivity index (χ1n) is 4.50. The molecule has 0 unspecified atom stereocenters. The van der Waals surface area contributed by atoms with E-state index in [0.717, 1.165) is 16.8 Å². The van der Waals surface area contributed by atoms with Gasteiger partial charge in [0.15, 0.2) is 0 Å². The Morgan fingerprint density at radius 2 is 2.07 bits per heavy atom. The van der Waals surface area contributed by atoms with Gasteiger partial charge >= 0.3 is 0 Å². The highest BCUT2D eigenvalue weighted by atomic mass is 16.5. The van der Waals surface area contributed by atoms with Gasteiger partial charge in [-0.2, -0.15) is 0 Å². The summed E-state index contributed by atoms with van der Waals surface area (Å²) in [5.74, 6) is 5.25. The van der Waals surface area contributed by atoms with Crippen LogP contribution in [-0.2, 0) is 11.3 Å². The van der Waals surface area contributed by atoms with Crippen molar-refractivity contribution in [1.82, 2.24) is 0 Å². The molecule has 3 N–H and O–H groups in total. The molecule has 0 amide bonds. The van der Waals surface area contributed by atoms with Gasteiger partial charge in [-0.15, -0.1) is 0 Å². The first kappa shape index (κ1) is 10.8. The van der Waals surface area contributed by atoms with E-state index in [1.807, 2.05) is 31.2 Å². The maximum Gasteiger partial charge on any atom is 0.0721 e. The SMILES string of the molecule is C=C(C)COCc1ccc(NN)cc1. The zero-order valence-corrected chi connectivity index (χ0v) is 8.42. The van der Waals surface area contributed by atoms with Gasteiger partial charge in [0.05, 0.1) is 13.2 Å². The molecule has 3 nitrogen and oxygen atoms in total. The Kier molecular flexibility index (Phi) is 4.16. The van der Waals surface area contributed by atoms with Crippen LogP contribution in [0.5, 0.6) is 0 Å². The molecular weight excluding hydrogens is 176 g/mol. The minimum atomic E-state index is 0.608. The van der Waals surface area contributed by atoms with E-state index < -0.39 is 0 Å². The van der Waals surface area contributed by atoms with Crippen LogP contribution in [0.3, 0.4) is 0 Å². The van der Waals surface area contributed by atoms with Crippen molar-refractivity contribution in [1.29, 1.82) is 0 Å². The summed E-state index contributed by atoms with van der Waals surface area (Å²) in [4.78, 5) is 0. The third kappa shape index (κ3) is 3.60. The van der Waals surface area contributed by atoms with Gasteiger partial charge in [-0.3, -0.25) is 5.84 Å². The molecule has 0 saturated carbocycles. The van der Waals surface area contributed by atoms with Crippen molar-refractivity contribution in [3.8, 4) is 0 Å². The summed E-state index contributed by atoms with van der Waals surface area (Å²) in [6.45, 7) is 6.92. The van der Waals surface area contributed by atoms with Crippen molar-refractivity contribution in [3.63, 3.8) is 0 Å². The molecule has 3 heteroatoms. The quantitative estimate of drug-likeness (QED) is 0.426. The van der Waals surface area contributed by atoms with Crippen LogP contribution < -0.4 is 11.3 Å². The largest absolute Gasteiger partial charge is 0.372 e. The van der Waals surface area contributed by atoms with Gasteiger partial charge in [0, 0.05) is 5.69 Å². The molecule has 1 aromatic carbocycles. The predicted molar refractivity (Wildman–Crippen MR) is 58.7 cm³/mol. The zero-order valence-electron chi connectivity index (χ0n) is 8.42. The molecule has 1 rings (SSSR count). The summed E-state index contributed by atoms with van der Waals surface area (Å²) in [6, 6.07) is 7.79. The van der Waals surface area contributed by atoms with Crippen LogP contribution in [0.4, 0.5) is 5.69 Å². The monoisotopic (exact) mass is 192 g/mol. The molecule has 0 fully saturated rings. The summed E-state index contributed by atoms with van der Waals surface area (Å²) in [7, 11) is 0. The molecular formula is C11H16N2O. The first-order chi connectivity index (χ1) is 6.72. The third-order valence-corrected chi connectivity index (χ3v) is 1.74. The predicted octanol–water partition coefficient (Wildman–Crippen LogP) is 2.06. The second-order valence-corrected chi connectivity index (χ2v) is 3.29. The summed E-state index contributed by atoms with van der Waals surface area (Å²) in [5, 5.41) is 0. The van der Waals surface area contributed by atoms with E-state index in [-0.39, 0.29) is 0 Å². The van der Waals surface area contributed by atoms with E-state index in [4.69, 9.17) is 10.6 Å². The number of nitrogens with one attached hydrogen (secondary N) is 1. The van der Waals surface area contributed by atoms with E-state index >= 15 is 0 Å². The standard InChI is InChI=1S/C11H16N2O/c1-9(2)7-14-8-10-3-5-11(13-12)6-4-10/h3-6,13H,1,7-8,12H2,2H3. The molecule has 0 saturated heterocycles.